The van der Waals surface area contributed by atoms with Crippen LogP contribution >= 0.6 is 0 Å². The third-order valence-corrected chi connectivity index (χ3v) is 2.74. The molecule has 5 heteroatoms. The number of nitrogens with one attached hydrogen (secondary N) is 2. The Kier molecular flexibility index (Phi) is 5.49. The Labute approximate surface area is 122 Å². The van der Waals surface area contributed by atoms with Gasteiger partial charge in [0.15, 0.2) is 0 Å². The molecule has 0 aliphatic heterocycles. The van der Waals surface area contributed by atoms with Crippen molar-refractivity contribution in [2.75, 3.05) is 13.5 Å². The molecule has 0 unspecified atom stereocenters. The van der Waals surface area contributed by atoms with Crippen molar-refractivity contribution in [3.8, 4) is 0 Å². The van der Waals surface area contributed by atoms with Gasteiger partial charge in [0.25, 0.3) is 11.8 Å². The maximum atomic E-state index is 11.7. The molecule has 0 aliphatic rings. The number of amides is 2. The van der Waals surface area contributed by atoms with Crippen molar-refractivity contribution >= 4 is 11.8 Å². The van der Waals surface area contributed by atoms with Gasteiger partial charge in [0.05, 0.1) is 0 Å². The van der Waals surface area contributed by atoms with Gasteiger partial charge in [0.2, 0.25) is 0 Å². The topological polar surface area (TPSA) is 67.4 Å². The van der Waals surface area contributed by atoms with Crippen molar-refractivity contribution in [1.29, 1.82) is 0 Å². The molecule has 0 heterocycles. The zero-order valence-electron chi connectivity index (χ0n) is 11.4. The molecule has 0 aromatic heterocycles. The van der Waals surface area contributed by atoms with Crippen molar-refractivity contribution in [2.24, 2.45) is 0 Å². The fourth-order valence-corrected chi connectivity index (χ4v) is 1.67. The van der Waals surface area contributed by atoms with E-state index >= 15 is 0 Å². The lowest BCUT2D eigenvalue weighted by atomic mass is 10.2. The molecule has 2 aromatic carbocycles. The first kappa shape index (κ1) is 14.7. The summed E-state index contributed by atoms with van der Waals surface area (Å²) in [6.07, 6.45) is 0. The highest BCUT2D eigenvalue weighted by Gasteiger charge is 2.04. The minimum Gasteiger partial charge on any atom is -0.341 e. The predicted octanol–water partition coefficient (Wildman–Crippen LogP) is 1.78. The van der Waals surface area contributed by atoms with Crippen LogP contribution in [0.15, 0.2) is 60.7 Å². The Morgan fingerprint density at radius 1 is 0.714 bits per heavy atom. The molecule has 0 radical (unpaired) electrons. The highest BCUT2D eigenvalue weighted by atomic mass is 16.5. The van der Waals surface area contributed by atoms with Gasteiger partial charge in [-0.1, -0.05) is 36.4 Å². The van der Waals surface area contributed by atoms with E-state index in [0.29, 0.717) is 11.1 Å². The molecule has 0 spiro atoms. The summed E-state index contributed by atoms with van der Waals surface area (Å²) in [5.74, 6) is -0.435. The summed E-state index contributed by atoms with van der Waals surface area (Å²) < 4.78 is 5.15. The van der Waals surface area contributed by atoms with Gasteiger partial charge in [-0.2, -0.15) is 0 Å². The number of hydrogen-bond acceptors (Lipinski definition) is 3. The fraction of sp³-hybridized carbons (Fsp3) is 0.125. The summed E-state index contributed by atoms with van der Waals surface area (Å²) in [5, 5.41) is 5.20. The highest BCUT2D eigenvalue weighted by Crippen LogP contribution is 1.98. The Morgan fingerprint density at radius 2 is 1.10 bits per heavy atom. The molecule has 2 N–H and O–H groups in total. The standard InChI is InChI=1S/C16H16N2O3/c19-15(13-7-3-1-4-8-13)17-11-21-12-18-16(20)14-9-5-2-6-10-14/h1-10H,11-12H2,(H,17,19)(H,18,20). The van der Waals surface area contributed by atoms with Crippen LogP contribution in [-0.2, 0) is 4.74 Å². The lowest BCUT2D eigenvalue weighted by Gasteiger charge is -2.08. The maximum absolute atomic E-state index is 11.7. The maximum Gasteiger partial charge on any atom is 0.253 e. The lowest BCUT2D eigenvalue weighted by molar-refractivity contribution is 0.0679. The number of benzene rings is 2. The minimum absolute atomic E-state index is 0.0306. The monoisotopic (exact) mass is 284 g/mol. The second kappa shape index (κ2) is 7.81. The Bertz CT molecular complexity index is 531. The highest BCUT2D eigenvalue weighted by molar-refractivity contribution is 5.94. The van der Waals surface area contributed by atoms with Gasteiger partial charge in [-0.3, -0.25) is 9.59 Å². The lowest BCUT2D eigenvalue weighted by Crippen LogP contribution is -2.31. The third kappa shape index (κ3) is 4.74. The van der Waals surface area contributed by atoms with E-state index < -0.39 is 0 Å². The first-order valence-corrected chi connectivity index (χ1v) is 6.51. The van der Waals surface area contributed by atoms with Crippen molar-refractivity contribution in [3.05, 3.63) is 71.8 Å². The van der Waals surface area contributed by atoms with E-state index in [-0.39, 0.29) is 25.3 Å². The first-order valence-electron chi connectivity index (χ1n) is 6.51. The van der Waals surface area contributed by atoms with E-state index in [2.05, 4.69) is 10.6 Å². The molecule has 0 saturated heterocycles. The number of ether oxygens (including phenoxy) is 1. The minimum atomic E-state index is -0.218. The van der Waals surface area contributed by atoms with Crippen LogP contribution in [0.1, 0.15) is 20.7 Å². The average Bonchev–Trinajstić information content (AvgIpc) is 2.55. The largest absolute Gasteiger partial charge is 0.341 e. The zero-order valence-corrected chi connectivity index (χ0v) is 11.4. The van der Waals surface area contributed by atoms with E-state index in [1.807, 2.05) is 12.1 Å². The second-order valence-electron chi connectivity index (χ2n) is 4.24. The molecule has 0 atom stereocenters. The van der Waals surface area contributed by atoms with Gasteiger partial charge < -0.3 is 15.4 Å². The van der Waals surface area contributed by atoms with Crippen LogP contribution in [0.2, 0.25) is 0 Å². The smallest absolute Gasteiger partial charge is 0.253 e. The molecule has 0 fully saturated rings. The molecule has 0 aliphatic carbocycles. The summed E-state index contributed by atoms with van der Waals surface area (Å²) in [7, 11) is 0. The van der Waals surface area contributed by atoms with E-state index in [1.54, 1.807) is 48.5 Å². The predicted molar refractivity (Wildman–Crippen MR) is 78.6 cm³/mol. The van der Waals surface area contributed by atoms with Gasteiger partial charge >= 0.3 is 0 Å². The molecule has 2 amide bonds. The number of carbonyl (C=O) groups is 2. The number of hydrogen-bond donors (Lipinski definition) is 2. The van der Waals surface area contributed by atoms with Crippen molar-refractivity contribution in [3.63, 3.8) is 0 Å². The first-order chi connectivity index (χ1) is 10.3. The second-order valence-corrected chi connectivity index (χ2v) is 4.24. The summed E-state index contributed by atoms with van der Waals surface area (Å²) in [6, 6.07) is 17.7. The molecule has 2 rings (SSSR count). The Morgan fingerprint density at radius 3 is 1.48 bits per heavy atom. The Balaban J connectivity index is 1.64. The van der Waals surface area contributed by atoms with Gasteiger partial charge in [0.1, 0.15) is 13.5 Å². The molecule has 21 heavy (non-hydrogen) atoms. The summed E-state index contributed by atoms with van der Waals surface area (Å²) in [4.78, 5) is 23.4. The zero-order chi connectivity index (χ0) is 14.9. The van der Waals surface area contributed by atoms with E-state index in [0.717, 1.165) is 0 Å². The molecule has 5 nitrogen and oxygen atoms in total. The van der Waals surface area contributed by atoms with Crippen LogP contribution in [0.3, 0.4) is 0 Å². The SMILES string of the molecule is O=C(NCOCNC(=O)c1ccccc1)c1ccccc1. The number of carbonyl (C=O) groups excluding carboxylic acids is 2. The van der Waals surface area contributed by atoms with Crippen LogP contribution in [0, 0.1) is 0 Å². The van der Waals surface area contributed by atoms with Gasteiger partial charge in [-0.25, -0.2) is 0 Å². The molecule has 0 saturated carbocycles. The quantitative estimate of drug-likeness (QED) is 0.627. The molecule has 0 bridgehead atoms. The molecule has 2 aromatic rings. The summed E-state index contributed by atoms with van der Waals surface area (Å²) in [6.45, 7) is 0.0611. The van der Waals surface area contributed by atoms with Gasteiger partial charge in [-0.05, 0) is 24.3 Å². The molecular formula is C16H16N2O3. The van der Waals surface area contributed by atoms with Crippen LogP contribution in [0.25, 0.3) is 0 Å². The molecule has 108 valence electrons. The Hall–Kier alpha value is -2.66. The van der Waals surface area contributed by atoms with E-state index in [4.69, 9.17) is 4.74 Å². The molecular weight excluding hydrogens is 268 g/mol. The van der Waals surface area contributed by atoms with Crippen molar-refractivity contribution in [2.45, 2.75) is 0 Å². The van der Waals surface area contributed by atoms with Crippen LogP contribution < -0.4 is 10.6 Å². The van der Waals surface area contributed by atoms with Crippen LogP contribution in [-0.4, -0.2) is 25.3 Å². The normalized spacial score (nSPS) is 9.90. The third-order valence-electron chi connectivity index (χ3n) is 2.74. The average molecular weight is 284 g/mol. The van der Waals surface area contributed by atoms with Crippen molar-refractivity contribution in [1.82, 2.24) is 10.6 Å². The van der Waals surface area contributed by atoms with Crippen molar-refractivity contribution < 1.29 is 14.3 Å². The van der Waals surface area contributed by atoms with Gasteiger partial charge in [-0.15, -0.1) is 0 Å². The summed E-state index contributed by atoms with van der Waals surface area (Å²) in [5.41, 5.74) is 1.13. The number of rotatable bonds is 6. The van der Waals surface area contributed by atoms with E-state index in [1.165, 1.54) is 0 Å². The summed E-state index contributed by atoms with van der Waals surface area (Å²) >= 11 is 0. The van der Waals surface area contributed by atoms with E-state index in [9.17, 15) is 9.59 Å². The van der Waals surface area contributed by atoms with Crippen LogP contribution in [0.4, 0.5) is 0 Å². The van der Waals surface area contributed by atoms with Crippen LogP contribution in [0.5, 0.6) is 0 Å². The fourth-order valence-electron chi connectivity index (χ4n) is 1.67. The van der Waals surface area contributed by atoms with Gasteiger partial charge in [0, 0.05) is 11.1 Å².